The predicted molar refractivity (Wildman–Crippen MR) is 107 cm³/mol. The lowest BCUT2D eigenvalue weighted by Crippen LogP contribution is -2.14. The number of halogens is 1. The molecular formula is C24H29FO. The fourth-order valence-electron chi connectivity index (χ4n) is 3.77. The summed E-state index contributed by atoms with van der Waals surface area (Å²) in [5.74, 6) is 1.17. The summed E-state index contributed by atoms with van der Waals surface area (Å²) in [6.45, 7) is 4.76. The van der Waals surface area contributed by atoms with Gasteiger partial charge in [-0.05, 0) is 85.4 Å². The summed E-state index contributed by atoms with van der Waals surface area (Å²) >= 11 is 0. The first-order valence-electron chi connectivity index (χ1n) is 9.85. The highest BCUT2D eigenvalue weighted by Gasteiger charge is 2.23. The smallest absolute Gasteiger partial charge is 0.126 e. The lowest BCUT2D eigenvalue weighted by Gasteiger charge is -2.26. The largest absolute Gasteiger partial charge is 0.490 e. The van der Waals surface area contributed by atoms with Gasteiger partial charge >= 0.3 is 0 Å². The van der Waals surface area contributed by atoms with E-state index in [0.29, 0.717) is 6.61 Å². The third-order valence-electron chi connectivity index (χ3n) is 5.31. The van der Waals surface area contributed by atoms with Gasteiger partial charge < -0.3 is 4.74 Å². The van der Waals surface area contributed by atoms with E-state index in [4.69, 9.17) is 4.74 Å². The van der Waals surface area contributed by atoms with Crippen LogP contribution in [0.25, 0.3) is 0 Å². The van der Waals surface area contributed by atoms with Crippen molar-refractivity contribution in [2.45, 2.75) is 58.3 Å². The summed E-state index contributed by atoms with van der Waals surface area (Å²) in [5.41, 5.74) is 4.67. The number of unbranched alkanes of at least 4 members (excludes halogenated alkanes) is 1. The number of ether oxygens (including phenoxy) is 1. The molecule has 3 rings (SSSR count). The minimum atomic E-state index is -0.0293. The number of allylic oxidation sites excluding steroid dienone is 1. The Hall–Kier alpha value is -2.09. The Morgan fingerprint density at radius 2 is 2.04 bits per heavy atom. The first-order valence-corrected chi connectivity index (χ1v) is 9.85. The van der Waals surface area contributed by atoms with Gasteiger partial charge in [0.05, 0.1) is 0 Å². The summed E-state index contributed by atoms with van der Waals surface area (Å²) in [7, 11) is 0. The fraction of sp³-hybridized carbons (Fsp3) is 0.417. The van der Waals surface area contributed by atoms with Gasteiger partial charge in [0, 0.05) is 0 Å². The molecule has 0 aliphatic heterocycles. The van der Waals surface area contributed by atoms with E-state index < -0.39 is 0 Å². The molecule has 0 N–H and O–H groups in total. The lowest BCUT2D eigenvalue weighted by molar-refractivity contribution is 0.361. The summed E-state index contributed by atoms with van der Waals surface area (Å²) in [6.07, 6.45) is 10.1. The zero-order valence-corrected chi connectivity index (χ0v) is 15.9. The normalized spacial score (nSPS) is 16.7. The molecule has 0 amide bonds. The number of benzene rings is 2. The van der Waals surface area contributed by atoms with Gasteiger partial charge in [0.25, 0.3) is 0 Å². The molecule has 1 atom stereocenters. The molecule has 138 valence electrons. The van der Waals surface area contributed by atoms with Crippen molar-refractivity contribution in [3.05, 3.63) is 76.6 Å². The van der Waals surface area contributed by atoms with E-state index in [0.717, 1.165) is 55.4 Å². The van der Waals surface area contributed by atoms with Gasteiger partial charge in [0.1, 0.15) is 18.2 Å². The minimum Gasteiger partial charge on any atom is -0.490 e. The van der Waals surface area contributed by atoms with Crippen LogP contribution in [0, 0.1) is 5.82 Å². The average Bonchev–Trinajstić information content (AvgIpc) is 2.66. The molecule has 1 aliphatic carbocycles. The molecule has 1 aliphatic rings. The van der Waals surface area contributed by atoms with Crippen molar-refractivity contribution in [3.8, 4) is 5.75 Å². The van der Waals surface area contributed by atoms with Crippen LogP contribution < -0.4 is 4.74 Å². The Bertz CT molecular complexity index is 763. The van der Waals surface area contributed by atoms with Gasteiger partial charge in [-0.1, -0.05) is 43.7 Å². The van der Waals surface area contributed by atoms with Crippen LogP contribution in [0.4, 0.5) is 4.39 Å². The quantitative estimate of drug-likeness (QED) is 0.524. The first kappa shape index (κ1) is 18.7. The zero-order chi connectivity index (χ0) is 18.4. The highest BCUT2D eigenvalue weighted by atomic mass is 19.1. The molecule has 0 bridgehead atoms. The van der Waals surface area contributed by atoms with Crippen LogP contribution in [0.5, 0.6) is 5.75 Å². The van der Waals surface area contributed by atoms with Gasteiger partial charge in [-0.15, -0.1) is 0 Å². The standard InChI is InChI=1S/C24H29FO/c1-3-5-7-18-8-13-23(24(25)15-18)21-10-9-20-17-22(26-14-6-4-2)12-11-19(20)16-21/h4,6,8,11-13,15,17,21H,3,5,7,9-10,14,16H2,1-2H3. The summed E-state index contributed by atoms with van der Waals surface area (Å²) in [6, 6.07) is 12.2. The maximum absolute atomic E-state index is 14.6. The first-order chi connectivity index (χ1) is 12.7. The average molecular weight is 352 g/mol. The SMILES string of the molecule is CC=CCOc1ccc2c(c1)CCC(c1ccc(CCCC)cc1F)C2. The van der Waals surface area contributed by atoms with E-state index in [1.807, 2.05) is 31.2 Å². The van der Waals surface area contributed by atoms with E-state index in [-0.39, 0.29) is 11.7 Å². The molecule has 0 saturated heterocycles. The minimum absolute atomic E-state index is 0.0293. The molecule has 1 nitrogen and oxygen atoms in total. The molecular weight excluding hydrogens is 323 g/mol. The molecule has 0 spiro atoms. The van der Waals surface area contributed by atoms with Crippen molar-refractivity contribution < 1.29 is 9.13 Å². The second-order valence-electron chi connectivity index (χ2n) is 7.21. The fourth-order valence-corrected chi connectivity index (χ4v) is 3.77. The molecule has 0 radical (unpaired) electrons. The number of hydrogen-bond donors (Lipinski definition) is 0. The maximum atomic E-state index is 14.6. The van der Waals surface area contributed by atoms with E-state index in [1.165, 1.54) is 11.1 Å². The molecule has 0 heterocycles. The number of aryl methyl sites for hydroxylation is 2. The van der Waals surface area contributed by atoms with Crippen molar-refractivity contribution in [2.24, 2.45) is 0 Å². The number of hydrogen-bond acceptors (Lipinski definition) is 1. The lowest BCUT2D eigenvalue weighted by atomic mass is 9.79. The molecule has 1 unspecified atom stereocenters. The van der Waals surface area contributed by atoms with Gasteiger partial charge in [-0.3, -0.25) is 0 Å². The van der Waals surface area contributed by atoms with Crippen LogP contribution in [0.15, 0.2) is 48.6 Å². The molecule has 2 aromatic carbocycles. The van der Waals surface area contributed by atoms with Crippen molar-refractivity contribution in [3.63, 3.8) is 0 Å². The molecule has 0 aromatic heterocycles. The third-order valence-corrected chi connectivity index (χ3v) is 5.31. The Labute approximate surface area is 156 Å². The van der Waals surface area contributed by atoms with Crippen LogP contribution in [-0.4, -0.2) is 6.61 Å². The maximum Gasteiger partial charge on any atom is 0.126 e. The second kappa shape index (κ2) is 9.02. The van der Waals surface area contributed by atoms with Crippen molar-refractivity contribution in [1.29, 1.82) is 0 Å². The van der Waals surface area contributed by atoms with Crippen molar-refractivity contribution >= 4 is 0 Å². The highest BCUT2D eigenvalue weighted by molar-refractivity contribution is 5.40. The Morgan fingerprint density at radius 3 is 2.81 bits per heavy atom. The van der Waals surface area contributed by atoms with E-state index in [1.54, 1.807) is 6.07 Å². The monoisotopic (exact) mass is 352 g/mol. The third kappa shape index (κ3) is 4.55. The Morgan fingerprint density at radius 1 is 1.15 bits per heavy atom. The molecule has 2 heteroatoms. The highest BCUT2D eigenvalue weighted by Crippen LogP contribution is 2.35. The summed E-state index contributed by atoms with van der Waals surface area (Å²) < 4.78 is 20.4. The van der Waals surface area contributed by atoms with E-state index >= 15 is 0 Å². The molecule has 26 heavy (non-hydrogen) atoms. The van der Waals surface area contributed by atoms with Gasteiger partial charge in [0.2, 0.25) is 0 Å². The number of rotatable bonds is 7. The van der Waals surface area contributed by atoms with Crippen molar-refractivity contribution in [1.82, 2.24) is 0 Å². The molecule has 2 aromatic rings. The van der Waals surface area contributed by atoms with E-state index in [2.05, 4.69) is 25.1 Å². The Balaban J connectivity index is 1.70. The van der Waals surface area contributed by atoms with Crippen LogP contribution in [0.3, 0.4) is 0 Å². The van der Waals surface area contributed by atoms with Crippen molar-refractivity contribution in [2.75, 3.05) is 6.61 Å². The zero-order valence-electron chi connectivity index (χ0n) is 15.9. The molecule has 0 saturated carbocycles. The van der Waals surface area contributed by atoms with Crippen LogP contribution in [0.1, 0.15) is 61.3 Å². The number of fused-ring (bicyclic) bond motifs is 1. The Kier molecular flexibility index (Phi) is 6.49. The van der Waals surface area contributed by atoms with E-state index in [9.17, 15) is 4.39 Å². The van der Waals surface area contributed by atoms with Crippen LogP contribution in [-0.2, 0) is 19.3 Å². The van der Waals surface area contributed by atoms with Crippen LogP contribution in [0.2, 0.25) is 0 Å². The second-order valence-corrected chi connectivity index (χ2v) is 7.21. The van der Waals surface area contributed by atoms with Gasteiger partial charge in [-0.2, -0.15) is 0 Å². The predicted octanol–water partition coefficient (Wildman–Crippen LogP) is 6.40. The summed E-state index contributed by atoms with van der Waals surface area (Å²) in [4.78, 5) is 0. The van der Waals surface area contributed by atoms with Gasteiger partial charge in [-0.25, -0.2) is 4.39 Å². The summed E-state index contributed by atoms with van der Waals surface area (Å²) in [5, 5.41) is 0. The molecule has 0 fully saturated rings. The van der Waals surface area contributed by atoms with Crippen LogP contribution >= 0.6 is 0 Å². The topological polar surface area (TPSA) is 9.23 Å². The van der Waals surface area contributed by atoms with Gasteiger partial charge in [0.15, 0.2) is 0 Å².